The zero-order valence-corrected chi connectivity index (χ0v) is 18.7. The zero-order valence-electron chi connectivity index (χ0n) is 17.9. The summed E-state index contributed by atoms with van der Waals surface area (Å²) in [7, 11) is -3.23. The number of piperazine rings is 1. The third-order valence-electron chi connectivity index (χ3n) is 5.79. The number of aliphatic hydroxyl groups excluding tert-OH is 1. The van der Waals surface area contributed by atoms with E-state index in [-0.39, 0.29) is 12.4 Å². The fourth-order valence-corrected chi connectivity index (χ4v) is 5.44. The lowest BCUT2D eigenvalue weighted by Crippen LogP contribution is -2.47. The van der Waals surface area contributed by atoms with Crippen molar-refractivity contribution in [1.82, 2.24) is 9.88 Å². The Labute approximate surface area is 184 Å². The van der Waals surface area contributed by atoms with Gasteiger partial charge < -0.3 is 10.0 Å². The number of rotatable bonds is 7. The summed E-state index contributed by atoms with van der Waals surface area (Å²) in [6.45, 7) is 6.25. The van der Waals surface area contributed by atoms with Crippen LogP contribution in [-0.4, -0.2) is 68.5 Å². The zero-order chi connectivity index (χ0) is 21.8. The lowest BCUT2D eigenvalue weighted by Gasteiger charge is -2.35. The Bertz CT molecular complexity index is 1140. The molecule has 6 nitrogen and oxygen atoms in total. The molecule has 1 aliphatic rings. The maximum atomic E-state index is 12.3. The van der Waals surface area contributed by atoms with Crippen molar-refractivity contribution in [2.45, 2.75) is 18.2 Å². The first-order chi connectivity index (χ1) is 15.0. The standard InChI is InChI=1S/C24H29N3O3S/c1-2-17-31(29,30)21-9-7-19(8-10-21)23-18-20-5-3-4-6-22(20)24(25-23)27-13-11-26(12-14-27)15-16-28/h3-10,18,28H,2,11-17H2,1H3. The predicted octanol–water partition coefficient (Wildman–Crippen LogP) is 3.20. The molecule has 1 aliphatic heterocycles. The molecule has 7 heteroatoms. The minimum atomic E-state index is -3.23. The molecule has 4 rings (SSSR count). The third-order valence-corrected chi connectivity index (χ3v) is 7.73. The van der Waals surface area contributed by atoms with Gasteiger partial charge in [0.1, 0.15) is 5.82 Å². The molecule has 0 unspecified atom stereocenters. The second-order valence-electron chi connectivity index (χ2n) is 7.95. The molecule has 2 heterocycles. The van der Waals surface area contributed by atoms with Crippen LogP contribution in [0, 0.1) is 0 Å². The van der Waals surface area contributed by atoms with Gasteiger partial charge in [-0.05, 0) is 30.0 Å². The number of fused-ring (bicyclic) bond motifs is 1. The predicted molar refractivity (Wildman–Crippen MR) is 125 cm³/mol. The van der Waals surface area contributed by atoms with Gasteiger partial charge in [0.05, 0.1) is 22.9 Å². The first-order valence-corrected chi connectivity index (χ1v) is 12.5. The number of aromatic nitrogens is 1. The molecule has 0 saturated carbocycles. The Morgan fingerprint density at radius 1 is 1.00 bits per heavy atom. The third kappa shape index (κ3) is 4.74. The van der Waals surface area contributed by atoms with Gasteiger partial charge >= 0.3 is 0 Å². The van der Waals surface area contributed by atoms with Crippen LogP contribution >= 0.6 is 0 Å². The molecule has 1 aromatic heterocycles. The van der Waals surface area contributed by atoms with E-state index in [2.05, 4.69) is 28.0 Å². The van der Waals surface area contributed by atoms with Crippen LogP contribution in [-0.2, 0) is 9.84 Å². The van der Waals surface area contributed by atoms with Gasteiger partial charge in [-0.15, -0.1) is 0 Å². The molecular weight excluding hydrogens is 410 g/mol. The number of hydrogen-bond donors (Lipinski definition) is 1. The van der Waals surface area contributed by atoms with Crippen molar-refractivity contribution in [2.24, 2.45) is 0 Å². The minimum absolute atomic E-state index is 0.160. The van der Waals surface area contributed by atoms with Crippen molar-refractivity contribution in [3.8, 4) is 11.3 Å². The van der Waals surface area contributed by atoms with Crippen molar-refractivity contribution in [3.63, 3.8) is 0 Å². The molecule has 0 radical (unpaired) electrons. The average molecular weight is 440 g/mol. The van der Waals surface area contributed by atoms with Gasteiger partial charge in [-0.25, -0.2) is 13.4 Å². The molecule has 1 saturated heterocycles. The highest BCUT2D eigenvalue weighted by atomic mass is 32.2. The van der Waals surface area contributed by atoms with Gasteiger partial charge in [0.2, 0.25) is 0 Å². The van der Waals surface area contributed by atoms with Gasteiger partial charge in [-0.2, -0.15) is 0 Å². The largest absolute Gasteiger partial charge is 0.395 e. The average Bonchev–Trinajstić information content (AvgIpc) is 2.79. The van der Waals surface area contributed by atoms with Crippen LogP contribution in [0.4, 0.5) is 5.82 Å². The molecule has 0 bridgehead atoms. The van der Waals surface area contributed by atoms with E-state index in [0.29, 0.717) is 17.9 Å². The fraction of sp³-hybridized carbons (Fsp3) is 0.375. The van der Waals surface area contributed by atoms with E-state index in [1.807, 2.05) is 31.2 Å². The van der Waals surface area contributed by atoms with Crippen LogP contribution in [0.1, 0.15) is 13.3 Å². The second kappa shape index (κ2) is 9.34. The molecule has 0 spiro atoms. The molecule has 0 aliphatic carbocycles. The van der Waals surface area contributed by atoms with E-state index in [0.717, 1.165) is 54.0 Å². The van der Waals surface area contributed by atoms with Gasteiger partial charge in [-0.3, -0.25) is 4.90 Å². The van der Waals surface area contributed by atoms with Crippen molar-refractivity contribution in [1.29, 1.82) is 0 Å². The molecule has 1 N–H and O–H groups in total. The summed E-state index contributed by atoms with van der Waals surface area (Å²) in [5.41, 5.74) is 1.74. The van der Waals surface area contributed by atoms with Crippen LogP contribution in [0.2, 0.25) is 0 Å². The minimum Gasteiger partial charge on any atom is -0.395 e. The second-order valence-corrected chi connectivity index (χ2v) is 10.1. The Hall–Kier alpha value is -2.48. The first-order valence-electron chi connectivity index (χ1n) is 10.8. The van der Waals surface area contributed by atoms with E-state index < -0.39 is 9.84 Å². The number of aliphatic hydroxyl groups is 1. The Morgan fingerprint density at radius 3 is 2.39 bits per heavy atom. The number of hydrogen-bond acceptors (Lipinski definition) is 6. The number of β-amino-alcohol motifs (C(OH)–C–C–N with tert-alkyl or cyclic N) is 1. The Morgan fingerprint density at radius 2 is 1.71 bits per heavy atom. The number of nitrogens with zero attached hydrogens (tertiary/aromatic N) is 3. The van der Waals surface area contributed by atoms with E-state index >= 15 is 0 Å². The van der Waals surface area contributed by atoms with Crippen LogP contribution < -0.4 is 4.90 Å². The first kappa shape index (κ1) is 21.7. The molecule has 0 atom stereocenters. The summed E-state index contributed by atoms with van der Waals surface area (Å²) in [5, 5.41) is 11.4. The van der Waals surface area contributed by atoms with E-state index in [9.17, 15) is 13.5 Å². The summed E-state index contributed by atoms with van der Waals surface area (Å²) in [6, 6.07) is 17.4. The monoisotopic (exact) mass is 439 g/mol. The fourth-order valence-electron chi connectivity index (χ4n) is 4.11. The summed E-state index contributed by atoms with van der Waals surface area (Å²) in [4.78, 5) is 9.93. The van der Waals surface area contributed by atoms with E-state index in [4.69, 9.17) is 4.98 Å². The Balaban J connectivity index is 1.68. The maximum absolute atomic E-state index is 12.3. The maximum Gasteiger partial charge on any atom is 0.178 e. The highest BCUT2D eigenvalue weighted by molar-refractivity contribution is 7.91. The van der Waals surface area contributed by atoms with Gasteiger partial charge in [0, 0.05) is 43.7 Å². The quantitative estimate of drug-likeness (QED) is 0.609. The summed E-state index contributed by atoms with van der Waals surface area (Å²) < 4.78 is 24.7. The van der Waals surface area contributed by atoms with E-state index in [1.54, 1.807) is 12.1 Å². The summed E-state index contributed by atoms with van der Waals surface area (Å²) in [5.74, 6) is 1.12. The Kier molecular flexibility index (Phi) is 6.55. The molecular formula is C24H29N3O3S. The van der Waals surface area contributed by atoms with Gasteiger partial charge in [-0.1, -0.05) is 43.3 Å². The highest BCUT2D eigenvalue weighted by Gasteiger charge is 2.20. The smallest absolute Gasteiger partial charge is 0.178 e. The van der Waals surface area contributed by atoms with E-state index in [1.165, 1.54) is 0 Å². The molecule has 2 aromatic carbocycles. The van der Waals surface area contributed by atoms with Crippen LogP contribution in [0.25, 0.3) is 22.0 Å². The number of benzene rings is 2. The molecule has 164 valence electrons. The number of pyridine rings is 1. The van der Waals surface area contributed by atoms with Crippen molar-refractivity contribution in [2.75, 3.05) is 50.0 Å². The molecule has 31 heavy (non-hydrogen) atoms. The number of anilines is 1. The lowest BCUT2D eigenvalue weighted by molar-refractivity contribution is 0.188. The highest BCUT2D eigenvalue weighted by Crippen LogP contribution is 2.31. The van der Waals surface area contributed by atoms with Crippen molar-refractivity contribution in [3.05, 3.63) is 54.6 Å². The lowest BCUT2D eigenvalue weighted by atomic mass is 10.1. The molecule has 1 fully saturated rings. The van der Waals surface area contributed by atoms with Crippen molar-refractivity contribution < 1.29 is 13.5 Å². The van der Waals surface area contributed by atoms with Crippen LogP contribution in [0.15, 0.2) is 59.5 Å². The summed E-state index contributed by atoms with van der Waals surface area (Å²) in [6.07, 6.45) is 0.602. The molecule has 0 amide bonds. The topological polar surface area (TPSA) is 73.7 Å². The van der Waals surface area contributed by atoms with Gasteiger partial charge in [0.15, 0.2) is 9.84 Å². The van der Waals surface area contributed by atoms with Crippen molar-refractivity contribution >= 4 is 26.4 Å². The summed E-state index contributed by atoms with van der Waals surface area (Å²) >= 11 is 0. The normalized spacial score (nSPS) is 15.5. The SMILES string of the molecule is CCCS(=O)(=O)c1ccc(-c2cc3ccccc3c(N3CCN(CCO)CC3)n2)cc1. The molecule has 3 aromatic rings. The van der Waals surface area contributed by atoms with Gasteiger partial charge in [0.25, 0.3) is 0 Å². The van der Waals surface area contributed by atoms with Crippen LogP contribution in [0.5, 0.6) is 0 Å². The number of sulfone groups is 1. The van der Waals surface area contributed by atoms with Crippen LogP contribution in [0.3, 0.4) is 0 Å².